The van der Waals surface area contributed by atoms with Crippen LogP contribution < -0.4 is 0 Å². The maximum atomic E-state index is 12.4. The number of hydrogen-bond donors (Lipinski definition) is 0. The number of nitrogens with zero attached hydrogens (tertiary/aromatic N) is 3. The highest BCUT2D eigenvalue weighted by atomic mass is 16.1. The Bertz CT molecular complexity index is 572. The normalized spacial score (nSPS) is 10.6. The highest BCUT2D eigenvalue weighted by molar-refractivity contribution is 6.07. The van der Waals surface area contributed by atoms with Crippen LogP contribution in [0.4, 0.5) is 0 Å². The molecular weight excluding hydrogens is 226 g/mol. The van der Waals surface area contributed by atoms with Gasteiger partial charge in [-0.3, -0.25) is 14.5 Å². The van der Waals surface area contributed by atoms with Crippen LogP contribution in [0.5, 0.6) is 0 Å². The van der Waals surface area contributed by atoms with E-state index in [0.717, 1.165) is 17.7 Å². The molecule has 0 fully saturated rings. The molecule has 18 heavy (non-hydrogen) atoms. The van der Waals surface area contributed by atoms with Gasteiger partial charge in [-0.1, -0.05) is 6.92 Å². The van der Waals surface area contributed by atoms with Crippen molar-refractivity contribution in [3.63, 3.8) is 0 Å². The second-order valence-electron chi connectivity index (χ2n) is 4.27. The van der Waals surface area contributed by atoms with Crippen LogP contribution in [-0.2, 0) is 13.0 Å². The third kappa shape index (κ3) is 2.32. The number of carbonyl (C=O) groups is 1. The molecule has 0 amide bonds. The van der Waals surface area contributed by atoms with E-state index in [9.17, 15) is 4.79 Å². The topological polar surface area (TPSA) is 47.8 Å². The van der Waals surface area contributed by atoms with E-state index in [1.165, 1.54) is 0 Å². The fourth-order valence-electron chi connectivity index (χ4n) is 1.89. The fourth-order valence-corrected chi connectivity index (χ4v) is 1.89. The molecule has 0 aliphatic heterocycles. The van der Waals surface area contributed by atoms with Gasteiger partial charge in [-0.25, -0.2) is 0 Å². The number of aromatic nitrogens is 3. The minimum atomic E-state index is -0.0137. The molecule has 0 unspecified atom stereocenters. The quantitative estimate of drug-likeness (QED) is 0.775. The number of aryl methyl sites for hydroxylation is 3. The van der Waals surface area contributed by atoms with Gasteiger partial charge in [0.1, 0.15) is 5.69 Å². The molecule has 0 aliphatic rings. The van der Waals surface area contributed by atoms with Crippen LogP contribution in [-0.4, -0.2) is 20.5 Å². The highest BCUT2D eigenvalue weighted by Gasteiger charge is 2.16. The van der Waals surface area contributed by atoms with Crippen molar-refractivity contribution in [2.24, 2.45) is 0 Å². The van der Waals surface area contributed by atoms with Gasteiger partial charge in [-0.05, 0) is 38.0 Å². The molecular formula is C14H17N3O. The molecule has 94 valence electrons. The van der Waals surface area contributed by atoms with Crippen molar-refractivity contribution >= 4 is 5.78 Å². The van der Waals surface area contributed by atoms with Gasteiger partial charge in [0.2, 0.25) is 5.78 Å². The van der Waals surface area contributed by atoms with Crippen molar-refractivity contribution in [2.45, 2.75) is 33.7 Å². The Labute approximate surface area is 107 Å². The molecule has 2 aromatic heterocycles. The molecule has 0 N–H and O–H groups in total. The van der Waals surface area contributed by atoms with Crippen LogP contribution in [0, 0.1) is 6.92 Å². The van der Waals surface area contributed by atoms with Gasteiger partial charge < -0.3 is 0 Å². The van der Waals surface area contributed by atoms with E-state index in [2.05, 4.69) is 10.1 Å². The summed E-state index contributed by atoms with van der Waals surface area (Å²) < 4.78 is 1.75. The standard InChI is InChI=1S/C14H17N3O/c1-4-12-7-13(17(5-2)16-12)14(18)11-6-10(3)8-15-9-11/h6-9H,4-5H2,1-3H3. The summed E-state index contributed by atoms with van der Waals surface area (Å²) >= 11 is 0. The van der Waals surface area contributed by atoms with Gasteiger partial charge in [0.25, 0.3) is 0 Å². The van der Waals surface area contributed by atoms with E-state index < -0.39 is 0 Å². The van der Waals surface area contributed by atoms with Crippen LogP contribution >= 0.6 is 0 Å². The number of ketones is 1. The Morgan fingerprint density at radius 2 is 2.06 bits per heavy atom. The monoisotopic (exact) mass is 243 g/mol. The third-order valence-electron chi connectivity index (χ3n) is 2.86. The zero-order chi connectivity index (χ0) is 13.1. The average molecular weight is 243 g/mol. The van der Waals surface area contributed by atoms with E-state index >= 15 is 0 Å². The van der Waals surface area contributed by atoms with Gasteiger partial charge in [-0.15, -0.1) is 0 Å². The zero-order valence-corrected chi connectivity index (χ0v) is 11.0. The molecule has 0 radical (unpaired) electrons. The summed E-state index contributed by atoms with van der Waals surface area (Å²) in [6.07, 6.45) is 4.18. The van der Waals surface area contributed by atoms with E-state index in [-0.39, 0.29) is 5.78 Å². The third-order valence-corrected chi connectivity index (χ3v) is 2.86. The van der Waals surface area contributed by atoms with Crippen LogP contribution in [0.3, 0.4) is 0 Å². The summed E-state index contributed by atoms with van der Waals surface area (Å²) in [5, 5.41) is 4.39. The average Bonchev–Trinajstić information content (AvgIpc) is 2.81. The first-order valence-electron chi connectivity index (χ1n) is 6.18. The molecule has 4 nitrogen and oxygen atoms in total. The molecule has 0 spiro atoms. The van der Waals surface area contributed by atoms with Gasteiger partial charge in [0.05, 0.1) is 5.69 Å². The first-order valence-corrected chi connectivity index (χ1v) is 6.18. The molecule has 0 bridgehead atoms. The largest absolute Gasteiger partial charge is 0.287 e. The van der Waals surface area contributed by atoms with Gasteiger partial charge >= 0.3 is 0 Å². The summed E-state index contributed by atoms with van der Waals surface area (Å²) in [4.78, 5) is 16.5. The van der Waals surface area contributed by atoms with Crippen LogP contribution in [0.1, 0.15) is 41.2 Å². The van der Waals surface area contributed by atoms with Crippen LogP contribution in [0.25, 0.3) is 0 Å². The van der Waals surface area contributed by atoms with Crippen molar-refractivity contribution < 1.29 is 4.79 Å². The SMILES string of the molecule is CCc1cc(C(=O)c2cncc(C)c2)n(CC)n1. The molecule has 4 heteroatoms. The number of hydrogen-bond acceptors (Lipinski definition) is 3. The second kappa shape index (κ2) is 5.12. The second-order valence-corrected chi connectivity index (χ2v) is 4.27. The Balaban J connectivity index is 2.42. The van der Waals surface area contributed by atoms with Crippen molar-refractivity contribution in [1.82, 2.24) is 14.8 Å². The maximum Gasteiger partial charge on any atom is 0.212 e. The lowest BCUT2D eigenvalue weighted by molar-refractivity contribution is 0.102. The van der Waals surface area contributed by atoms with Gasteiger partial charge in [0.15, 0.2) is 0 Å². The predicted octanol–water partition coefficient (Wildman–Crippen LogP) is 2.40. The Hall–Kier alpha value is -1.97. The molecule has 0 saturated heterocycles. The predicted molar refractivity (Wildman–Crippen MR) is 69.7 cm³/mol. The number of rotatable bonds is 4. The van der Waals surface area contributed by atoms with Crippen LogP contribution in [0.2, 0.25) is 0 Å². The Morgan fingerprint density at radius 3 is 2.67 bits per heavy atom. The lowest BCUT2D eigenvalue weighted by atomic mass is 10.1. The summed E-state index contributed by atoms with van der Waals surface area (Å²) in [6.45, 7) is 6.64. The van der Waals surface area contributed by atoms with E-state index in [1.54, 1.807) is 17.1 Å². The highest BCUT2D eigenvalue weighted by Crippen LogP contribution is 2.12. The van der Waals surface area contributed by atoms with Crippen molar-refractivity contribution in [1.29, 1.82) is 0 Å². The van der Waals surface area contributed by atoms with Crippen LogP contribution in [0.15, 0.2) is 24.5 Å². The summed E-state index contributed by atoms with van der Waals surface area (Å²) in [7, 11) is 0. The molecule has 0 aliphatic carbocycles. The van der Waals surface area contributed by atoms with Gasteiger partial charge in [0, 0.05) is 24.5 Å². The van der Waals surface area contributed by atoms with E-state index in [4.69, 9.17) is 0 Å². The first kappa shape index (κ1) is 12.5. The van der Waals surface area contributed by atoms with Crippen molar-refractivity contribution in [2.75, 3.05) is 0 Å². The molecule has 2 aromatic rings. The first-order chi connectivity index (χ1) is 8.65. The molecule has 0 aromatic carbocycles. The smallest absolute Gasteiger partial charge is 0.212 e. The van der Waals surface area contributed by atoms with E-state index in [0.29, 0.717) is 17.8 Å². The molecule has 2 rings (SSSR count). The summed E-state index contributed by atoms with van der Waals surface area (Å²) in [5.74, 6) is -0.0137. The number of carbonyl (C=O) groups excluding carboxylic acids is 1. The minimum Gasteiger partial charge on any atom is -0.287 e. The number of pyridine rings is 1. The Kier molecular flexibility index (Phi) is 3.55. The lowest BCUT2D eigenvalue weighted by Gasteiger charge is -2.03. The lowest BCUT2D eigenvalue weighted by Crippen LogP contribution is -2.10. The van der Waals surface area contributed by atoms with Gasteiger partial charge in [-0.2, -0.15) is 5.10 Å². The Morgan fingerprint density at radius 1 is 1.28 bits per heavy atom. The minimum absolute atomic E-state index is 0.0137. The maximum absolute atomic E-state index is 12.4. The zero-order valence-electron chi connectivity index (χ0n) is 11.0. The van der Waals surface area contributed by atoms with Crippen molar-refractivity contribution in [3.05, 3.63) is 47.0 Å². The molecule has 0 saturated carbocycles. The fraction of sp³-hybridized carbons (Fsp3) is 0.357. The van der Waals surface area contributed by atoms with Crippen molar-refractivity contribution in [3.8, 4) is 0 Å². The molecule has 2 heterocycles. The van der Waals surface area contributed by atoms with E-state index in [1.807, 2.05) is 32.9 Å². The summed E-state index contributed by atoms with van der Waals surface area (Å²) in [5.41, 5.74) is 3.19. The molecule has 0 atom stereocenters. The summed E-state index contributed by atoms with van der Waals surface area (Å²) in [6, 6.07) is 3.72.